The summed E-state index contributed by atoms with van der Waals surface area (Å²) in [7, 11) is 1.43. The van der Waals surface area contributed by atoms with Crippen molar-refractivity contribution in [3.8, 4) is 0 Å². The molecule has 0 aromatic heterocycles. The normalized spacial score (nSPS) is 25.3. The molecular formula is C23H35NO3. The first-order valence-electron chi connectivity index (χ1n) is 11.1. The molecule has 0 N–H and O–H groups in total. The molecule has 2 aliphatic carbocycles. The van der Waals surface area contributed by atoms with E-state index in [0.29, 0.717) is 18.8 Å². The quantitative estimate of drug-likeness (QED) is 0.585. The molecule has 1 heterocycles. The number of methoxy groups -OCH3 is 1. The molecule has 150 valence electrons. The average molecular weight is 374 g/mol. The van der Waals surface area contributed by atoms with Crippen molar-refractivity contribution in [1.29, 1.82) is 0 Å². The Bertz CT molecular complexity index is 580. The molecule has 3 aliphatic rings. The molecule has 1 atom stereocenters. The second-order valence-electron chi connectivity index (χ2n) is 8.60. The lowest BCUT2D eigenvalue weighted by Gasteiger charge is -2.25. The van der Waals surface area contributed by atoms with E-state index in [4.69, 9.17) is 9.73 Å². The van der Waals surface area contributed by atoms with Crippen molar-refractivity contribution >= 4 is 17.5 Å². The van der Waals surface area contributed by atoms with Crippen molar-refractivity contribution in [1.82, 2.24) is 0 Å². The molecular weight excluding hydrogens is 338 g/mol. The van der Waals surface area contributed by atoms with Crippen LogP contribution in [0.1, 0.15) is 89.9 Å². The minimum Gasteiger partial charge on any atom is -0.469 e. The van der Waals surface area contributed by atoms with E-state index in [1.807, 2.05) is 6.20 Å². The average Bonchev–Trinajstić information content (AvgIpc) is 2.95. The summed E-state index contributed by atoms with van der Waals surface area (Å²) in [4.78, 5) is 29.7. The van der Waals surface area contributed by atoms with E-state index in [1.165, 1.54) is 51.2 Å². The number of esters is 1. The van der Waals surface area contributed by atoms with Crippen LogP contribution in [0, 0.1) is 17.8 Å². The number of carbonyl (C=O) groups excluding carboxylic acids is 2. The van der Waals surface area contributed by atoms with Gasteiger partial charge in [0.15, 0.2) is 5.78 Å². The lowest BCUT2D eigenvalue weighted by Crippen LogP contribution is -2.31. The van der Waals surface area contributed by atoms with Crippen molar-refractivity contribution in [3.63, 3.8) is 0 Å². The number of ether oxygens (including phenoxy) is 1. The van der Waals surface area contributed by atoms with Gasteiger partial charge in [0.1, 0.15) is 0 Å². The zero-order chi connectivity index (χ0) is 19.1. The minimum atomic E-state index is -0.191. The van der Waals surface area contributed by atoms with Gasteiger partial charge in [-0.05, 0) is 56.4 Å². The Morgan fingerprint density at radius 3 is 2.33 bits per heavy atom. The molecule has 2 fully saturated rings. The number of carbonyl (C=O) groups is 2. The molecule has 0 bridgehead atoms. The fraction of sp³-hybridized carbons (Fsp3) is 0.783. The second-order valence-corrected chi connectivity index (χ2v) is 8.60. The van der Waals surface area contributed by atoms with Crippen LogP contribution in [0.3, 0.4) is 0 Å². The SMILES string of the molecule is COC(=O)CCC1CCC(C2CCCCC2)=CN=C1C(=O)C1CCCCC1. The van der Waals surface area contributed by atoms with Crippen molar-refractivity contribution in [2.45, 2.75) is 89.9 Å². The predicted molar refractivity (Wildman–Crippen MR) is 108 cm³/mol. The highest BCUT2D eigenvalue weighted by Gasteiger charge is 2.32. The lowest BCUT2D eigenvalue weighted by molar-refractivity contribution is -0.140. The summed E-state index contributed by atoms with van der Waals surface area (Å²) in [6.45, 7) is 0. The molecule has 1 unspecified atom stereocenters. The molecule has 4 heteroatoms. The van der Waals surface area contributed by atoms with Gasteiger partial charge in [-0.3, -0.25) is 14.6 Å². The van der Waals surface area contributed by atoms with Crippen LogP contribution in [0.25, 0.3) is 0 Å². The summed E-state index contributed by atoms with van der Waals surface area (Å²) in [5.74, 6) is 0.946. The van der Waals surface area contributed by atoms with Crippen LogP contribution < -0.4 is 0 Å². The fourth-order valence-electron chi connectivity index (χ4n) is 5.10. The van der Waals surface area contributed by atoms with Crippen LogP contribution in [0.2, 0.25) is 0 Å². The van der Waals surface area contributed by atoms with Gasteiger partial charge in [-0.2, -0.15) is 0 Å². The largest absolute Gasteiger partial charge is 0.469 e. The highest BCUT2D eigenvalue weighted by atomic mass is 16.5. The maximum atomic E-state index is 13.2. The highest BCUT2D eigenvalue weighted by molar-refractivity contribution is 6.41. The van der Waals surface area contributed by atoms with Gasteiger partial charge in [0.2, 0.25) is 0 Å². The Hall–Kier alpha value is -1.45. The number of hydrogen-bond acceptors (Lipinski definition) is 4. The van der Waals surface area contributed by atoms with Gasteiger partial charge in [0.25, 0.3) is 0 Å². The number of ketones is 1. The summed E-state index contributed by atoms with van der Waals surface area (Å²) < 4.78 is 4.82. The third-order valence-corrected chi connectivity index (χ3v) is 6.82. The summed E-state index contributed by atoms with van der Waals surface area (Å²) in [5.41, 5.74) is 2.18. The monoisotopic (exact) mass is 373 g/mol. The van der Waals surface area contributed by atoms with Crippen molar-refractivity contribution in [3.05, 3.63) is 11.8 Å². The van der Waals surface area contributed by atoms with Crippen LogP contribution >= 0.6 is 0 Å². The van der Waals surface area contributed by atoms with Gasteiger partial charge >= 0.3 is 5.97 Å². The molecule has 27 heavy (non-hydrogen) atoms. The molecule has 2 saturated carbocycles. The Labute approximate surface area is 163 Å². The van der Waals surface area contributed by atoms with E-state index < -0.39 is 0 Å². The van der Waals surface area contributed by atoms with Crippen LogP contribution in [0.15, 0.2) is 16.8 Å². The Morgan fingerprint density at radius 2 is 1.67 bits per heavy atom. The molecule has 0 saturated heterocycles. The van der Waals surface area contributed by atoms with E-state index in [0.717, 1.165) is 44.2 Å². The van der Waals surface area contributed by atoms with Gasteiger partial charge in [0.05, 0.1) is 12.8 Å². The molecule has 0 aromatic carbocycles. The molecule has 1 aliphatic heterocycles. The van der Waals surface area contributed by atoms with Crippen molar-refractivity contribution in [2.24, 2.45) is 22.7 Å². The van der Waals surface area contributed by atoms with E-state index in [1.54, 1.807) is 0 Å². The van der Waals surface area contributed by atoms with E-state index in [9.17, 15) is 9.59 Å². The highest BCUT2D eigenvalue weighted by Crippen LogP contribution is 2.36. The van der Waals surface area contributed by atoms with Crippen LogP contribution in [0.4, 0.5) is 0 Å². The number of allylic oxidation sites excluding steroid dienone is 1. The summed E-state index contributed by atoms with van der Waals surface area (Å²) >= 11 is 0. The lowest BCUT2D eigenvalue weighted by atomic mass is 9.78. The molecule has 0 radical (unpaired) electrons. The number of rotatable bonds is 6. The Balaban J connectivity index is 1.75. The number of nitrogens with zero attached hydrogens (tertiary/aromatic N) is 1. The summed E-state index contributed by atoms with van der Waals surface area (Å²) in [6, 6.07) is 0. The Kier molecular flexibility index (Phi) is 7.66. The molecule has 0 aromatic rings. The number of Topliss-reactive ketones (excluding diaryl/α,β-unsaturated/α-hetero) is 1. The van der Waals surface area contributed by atoms with Crippen LogP contribution in [-0.2, 0) is 14.3 Å². The third kappa shape index (κ3) is 5.52. The maximum absolute atomic E-state index is 13.2. The first-order valence-corrected chi connectivity index (χ1v) is 11.1. The van der Waals surface area contributed by atoms with Crippen molar-refractivity contribution < 1.29 is 14.3 Å². The minimum absolute atomic E-state index is 0.0934. The predicted octanol–water partition coefficient (Wildman–Crippen LogP) is 5.40. The van der Waals surface area contributed by atoms with Crippen LogP contribution in [-0.4, -0.2) is 24.6 Å². The van der Waals surface area contributed by atoms with Crippen LogP contribution in [0.5, 0.6) is 0 Å². The summed E-state index contributed by atoms with van der Waals surface area (Å²) in [5, 5.41) is 0. The molecule has 3 rings (SSSR count). The third-order valence-electron chi connectivity index (χ3n) is 6.82. The van der Waals surface area contributed by atoms with E-state index in [2.05, 4.69) is 0 Å². The zero-order valence-corrected chi connectivity index (χ0v) is 16.9. The Morgan fingerprint density at radius 1 is 1.00 bits per heavy atom. The van der Waals surface area contributed by atoms with Gasteiger partial charge in [-0.25, -0.2) is 0 Å². The number of hydrogen-bond donors (Lipinski definition) is 0. The van der Waals surface area contributed by atoms with E-state index in [-0.39, 0.29) is 23.6 Å². The maximum Gasteiger partial charge on any atom is 0.305 e. The molecule has 0 amide bonds. The fourth-order valence-corrected chi connectivity index (χ4v) is 5.10. The van der Waals surface area contributed by atoms with Gasteiger partial charge in [-0.1, -0.05) is 38.5 Å². The van der Waals surface area contributed by atoms with E-state index >= 15 is 0 Å². The first-order chi connectivity index (χ1) is 13.2. The zero-order valence-electron chi connectivity index (χ0n) is 16.9. The first kappa shape index (κ1) is 20.3. The molecule has 0 spiro atoms. The van der Waals surface area contributed by atoms with Gasteiger partial charge in [0, 0.05) is 24.5 Å². The smallest absolute Gasteiger partial charge is 0.305 e. The van der Waals surface area contributed by atoms with Gasteiger partial charge < -0.3 is 4.74 Å². The second kappa shape index (κ2) is 10.2. The summed E-state index contributed by atoms with van der Waals surface area (Å²) in [6.07, 6.45) is 17.1. The molecule has 4 nitrogen and oxygen atoms in total. The topological polar surface area (TPSA) is 55.7 Å². The standard InChI is InChI=1S/C23H35NO3/c1-27-21(25)15-14-18-12-13-20(17-8-4-2-5-9-17)16-24-22(18)23(26)19-10-6-3-7-11-19/h16-19H,2-15H2,1H3. The van der Waals surface area contributed by atoms with Crippen molar-refractivity contribution in [2.75, 3.05) is 7.11 Å². The number of aliphatic imine (C=N–C) groups is 1. The van der Waals surface area contributed by atoms with Gasteiger partial charge in [-0.15, -0.1) is 0 Å².